The molecule has 0 aliphatic heterocycles. The molecule has 3 rings (SSSR count). The molecule has 5 nitrogen and oxygen atoms in total. The van der Waals surface area contributed by atoms with Crippen LogP contribution in [0.5, 0.6) is 0 Å². The van der Waals surface area contributed by atoms with Gasteiger partial charge in [-0.05, 0) is 50.3 Å². The lowest BCUT2D eigenvalue weighted by Gasteiger charge is -2.13. The number of nitrogens with zero attached hydrogens (tertiary/aromatic N) is 3. The highest BCUT2D eigenvalue weighted by Crippen LogP contribution is 2.21. The van der Waals surface area contributed by atoms with Gasteiger partial charge in [-0.3, -0.25) is 0 Å². The minimum atomic E-state index is 0.619. The van der Waals surface area contributed by atoms with Crippen LogP contribution in [0.2, 0.25) is 0 Å². The largest absolute Gasteiger partial charge is 0.370 e. The highest BCUT2D eigenvalue weighted by atomic mass is 15.1. The zero-order valence-corrected chi connectivity index (χ0v) is 13.6. The number of aromatic nitrogens is 2. The number of nitrogens with one attached hydrogen (secondary N) is 2. The van der Waals surface area contributed by atoms with Gasteiger partial charge >= 0.3 is 0 Å². The maximum Gasteiger partial charge on any atom is 0.135 e. The molecule has 2 N–H and O–H groups in total. The van der Waals surface area contributed by atoms with Gasteiger partial charge in [0.05, 0.1) is 11.6 Å². The van der Waals surface area contributed by atoms with Crippen molar-refractivity contribution in [3.8, 4) is 6.07 Å². The smallest absolute Gasteiger partial charge is 0.135 e. The van der Waals surface area contributed by atoms with Gasteiger partial charge < -0.3 is 10.6 Å². The van der Waals surface area contributed by atoms with Crippen molar-refractivity contribution in [2.75, 3.05) is 17.2 Å². The first-order chi connectivity index (χ1) is 11.8. The van der Waals surface area contributed by atoms with Gasteiger partial charge in [0, 0.05) is 18.3 Å². The van der Waals surface area contributed by atoms with Crippen LogP contribution < -0.4 is 10.6 Å². The first kappa shape index (κ1) is 16.0. The van der Waals surface area contributed by atoms with Gasteiger partial charge in [0.2, 0.25) is 0 Å². The Morgan fingerprint density at radius 1 is 1.12 bits per heavy atom. The monoisotopic (exact) mass is 319 g/mol. The summed E-state index contributed by atoms with van der Waals surface area (Å²) in [6, 6.07) is 11.3. The number of hydrogen-bond acceptors (Lipinski definition) is 5. The van der Waals surface area contributed by atoms with Crippen LogP contribution in [-0.2, 0) is 0 Å². The van der Waals surface area contributed by atoms with E-state index < -0.39 is 0 Å². The minimum Gasteiger partial charge on any atom is -0.370 e. The summed E-state index contributed by atoms with van der Waals surface area (Å²) < 4.78 is 0. The van der Waals surface area contributed by atoms with Gasteiger partial charge in [-0.25, -0.2) is 9.97 Å². The molecule has 1 aromatic carbocycles. The SMILES string of the molecule is N#Cc1cccc(Nc2cc(NCCC3=CCCCC3)ncn2)c1. The highest BCUT2D eigenvalue weighted by Gasteiger charge is 2.04. The fourth-order valence-corrected chi connectivity index (χ4v) is 2.82. The molecule has 5 heteroatoms. The number of nitriles is 1. The lowest BCUT2D eigenvalue weighted by atomic mass is 9.97. The van der Waals surface area contributed by atoms with Crippen LogP contribution in [0.25, 0.3) is 0 Å². The molecule has 0 saturated carbocycles. The average Bonchev–Trinajstić information content (AvgIpc) is 2.63. The molecule has 1 aliphatic rings. The quantitative estimate of drug-likeness (QED) is 0.772. The van der Waals surface area contributed by atoms with Crippen molar-refractivity contribution in [3.63, 3.8) is 0 Å². The molecule has 0 radical (unpaired) electrons. The van der Waals surface area contributed by atoms with Gasteiger partial charge in [0.1, 0.15) is 18.0 Å². The molecule has 0 unspecified atom stereocenters. The first-order valence-electron chi connectivity index (χ1n) is 8.34. The Morgan fingerprint density at radius 2 is 2.04 bits per heavy atom. The lowest BCUT2D eigenvalue weighted by Crippen LogP contribution is -2.06. The van der Waals surface area contributed by atoms with E-state index in [2.05, 4.69) is 32.7 Å². The zero-order valence-electron chi connectivity index (χ0n) is 13.6. The molecule has 122 valence electrons. The highest BCUT2D eigenvalue weighted by molar-refractivity contribution is 5.60. The van der Waals surface area contributed by atoms with Gasteiger partial charge in [-0.2, -0.15) is 5.26 Å². The van der Waals surface area contributed by atoms with E-state index in [9.17, 15) is 0 Å². The fraction of sp³-hybridized carbons (Fsp3) is 0.316. The van der Waals surface area contributed by atoms with Crippen molar-refractivity contribution in [1.29, 1.82) is 5.26 Å². The van der Waals surface area contributed by atoms with E-state index in [0.29, 0.717) is 11.4 Å². The minimum absolute atomic E-state index is 0.619. The molecule has 1 aromatic heterocycles. The Labute approximate surface area is 142 Å². The van der Waals surface area contributed by atoms with Gasteiger partial charge in [0.15, 0.2) is 0 Å². The third-order valence-electron chi connectivity index (χ3n) is 4.07. The second-order valence-electron chi connectivity index (χ2n) is 5.89. The Kier molecular flexibility index (Phi) is 5.41. The van der Waals surface area contributed by atoms with Gasteiger partial charge in [0.25, 0.3) is 0 Å². The van der Waals surface area contributed by atoms with Crippen molar-refractivity contribution in [2.24, 2.45) is 0 Å². The molecule has 0 amide bonds. The number of allylic oxidation sites excluding steroid dienone is 1. The lowest BCUT2D eigenvalue weighted by molar-refractivity contribution is 0.679. The van der Waals surface area contributed by atoms with E-state index in [1.54, 1.807) is 24.0 Å². The molecule has 1 heterocycles. The van der Waals surface area contributed by atoms with Crippen LogP contribution in [0, 0.1) is 11.3 Å². The standard InChI is InChI=1S/C19H21N5/c20-13-16-7-4-8-17(11-16)24-19-12-18(22-14-23-19)21-10-9-15-5-2-1-3-6-15/h4-5,7-8,11-12,14H,1-3,6,9-10H2,(H2,21,22,23,24). The van der Waals surface area contributed by atoms with Crippen LogP contribution >= 0.6 is 0 Å². The van der Waals surface area contributed by atoms with E-state index in [0.717, 1.165) is 24.5 Å². The molecule has 24 heavy (non-hydrogen) atoms. The molecule has 0 fully saturated rings. The van der Waals surface area contributed by atoms with Gasteiger partial charge in [-0.15, -0.1) is 0 Å². The third kappa shape index (κ3) is 4.56. The topological polar surface area (TPSA) is 73.6 Å². The Bertz CT molecular complexity index is 760. The van der Waals surface area contributed by atoms with E-state index >= 15 is 0 Å². The normalized spacial score (nSPS) is 13.7. The molecular weight excluding hydrogens is 298 g/mol. The number of anilines is 3. The van der Waals surface area contributed by atoms with Crippen molar-refractivity contribution in [2.45, 2.75) is 32.1 Å². The Morgan fingerprint density at radius 3 is 2.88 bits per heavy atom. The molecule has 0 saturated heterocycles. The summed E-state index contributed by atoms with van der Waals surface area (Å²) in [5.74, 6) is 1.51. The number of rotatable bonds is 6. The predicted octanol–water partition coefficient (Wildman–Crippen LogP) is 4.39. The van der Waals surface area contributed by atoms with Crippen LogP contribution in [0.15, 0.2) is 48.3 Å². The van der Waals surface area contributed by atoms with Crippen molar-refractivity contribution >= 4 is 17.3 Å². The van der Waals surface area contributed by atoms with Gasteiger partial charge in [-0.1, -0.05) is 17.7 Å². The zero-order chi connectivity index (χ0) is 16.6. The van der Waals surface area contributed by atoms with Crippen LogP contribution in [0.4, 0.5) is 17.3 Å². The summed E-state index contributed by atoms with van der Waals surface area (Å²) in [5, 5.41) is 15.5. The number of benzene rings is 1. The molecule has 0 spiro atoms. The van der Waals surface area contributed by atoms with E-state index in [1.807, 2.05) is 18.2 Å². The van der Waals surface area contributed by atoms with Crippen LogP contribution in [0.3, 0.4) is 0 Å². The average molecular weight is 319 g/mol. The van der Waals surface area contributed by atoms with Crippen molar-refractivity contribution in [1.82, 2.24) is 9.97 Å². The predicted molar refractivity (Wildman–Crippen MR) is 96.1 cm³/mol. The number of hydrogen-bond donors (Lipinski definition) is 2. The summed E-state index contributed by atoms with van der Waals surface area (Å²) in [6.45, 7) is 0.881. The summed E-state index contributed by atoms with van der Waals surface area (Å²) >= 11 is 0. The molecule has 0 bridgehead atoms. The molecular formula is C19H21N5. The van der Waals surface area contributed by atoms with Crippen molar-refractivity contribution in [3.05, 3.63) is 53.9 Å². The Hall–Kier alpha value is -2.87. The Balaban J connectivity index is 1.57. The molecule has 1 aliphatic carbocycles. The summed E-state index contributed by atoms with van der Waals surface area (Å²) in [4.78, 5) is 8.49. The maximum atomic E-state index is 8.96. The summed E-state index contributed by atoms with van der Waals surface area (Å²) in [6.07, 6.45) is 10.1. The van der Waals surface area contributed by atoms with E-state index in [-0.39, 0.29) is 0 Å². The second-order valence-corrected chi connectivity index (χ2v) is 5.89. The van der Waals surface area contributed by atoms with E-state index in [4.69, 9.17) is 5.26 Å². The second kappa shape index (κ2) is 8.11. The fourth-order valence-electron chi connectivity index (χ4n) is 2.82. The first-order valence-corrected chi connectivity index (χ1v) is 8.34. The third-order valence-corrected chi connectivity index (χ3v) is 4.07. The molecule has 0 atom stereocenters. The van der Waals surface area contributed by atoms with Crippen LogP contribution in [0.1, 0.15) is 37.7 Å². The summed E-state index contributed by atoms with van der Waals surface area (Å²) in [5.41, 5.74) is 3.01. The maximum absolute atomic E-state index is 8.96. The molecule has 2 aromatic rings. The summed E-state index contributed by atoms with van der Waals surface area (Å²) in [7, 11) is 0. The van der Waals surface area contributed by atoms with E-state index in [1.165, 1.54) is 25.7 Å². The van der Waals surface area contributed by atoms with Crippen LogP contribution in [-0.4, -0.2) is 16.5 Å². The van der Waals surface area contributed by atoms with Crippen molar-refractivity contribution < 1.29 is 0 Å².